The van der Waals surface area contributed by atoms with Crippen LogP contribution in [-0.2, 0) is 16.0 Å². The lowest BCUT2D eigenvalue weighted by molar-refractivity contribution is -0.138. The van der Waals surface area contributed by atoms with Gasteiger partial charge in [0.05, 0.1) is 19.1 Å². The number of benzene rings is 1. The first kappa shape index (κ1) is 19.7. The van der Waals surface area contributed by atoms with E-state index in [-0.39, 0.29) is 29.9 Å². The largest absolute Gasteiger partial charge is 0.497 e. The fourth-order valence-corrected chi connectivity index (χ4v) is 3.94. The second-order valence-corrected chi connectivity index (χ2v) is 7.69. The van der Waals surface area contributed by atoms with Gasteiger partial charge < -0.3 is 20.1 Å². The second kappa shape index (κ2) is 9.22. The van der Waals surface area contributed by atoms with Crippen molar-refractivity contribution >= 4 is 11.8 Å². The number of carbonyl (C=O) groups excluding carboxylic acids is 2. The molecule has 148 valence electrons. The van der Waals surface area contributed by atoms with Crippen LogP contribution in [0.1, 0.15) is 44.1 Å². The predicted octanol–water partition coefficient (Wildman–Crippen LogP) is 1.90. The molecular weight excluding hydrogens is 344 g/mol. The van der Waals surface area contributed by atoms with Gasteiger partial charge >= 0.3 is 0 Å². The zero-order valence-electron chi connectivity index (χ0n) is 16.0. The van der Waals surface area contributed by atoms with Crippen LogP contribution in [0.15, 0.2) is 24.3 Å². The Morgan fingerprint density at radius 2 is 1.89 bits per heavy atom. The van der Waals surface area contributed by atoms with E-state index in [0.29, 0.717) is 25.9 Å². The minimum Gasteiger partial charge on any atom is -0.497 e. The molecule has 0 aromatic heterocycles. The van der Waals surface area contributed by atoms with E-state index in [0.717, 1.165) is 43.4 Å². The third kappa shape index (κ3) is 5.45. The summed E-state index contributed by atoms with van der Waals surface area (Å²) < 4.78 is 5.17. The minimum atomic E-state index is -0.223. The van der Waals surface area contributed by atoms with Crippen molar-refractivity contribution in [3.05, 3.63) is 29.8 Å². The van der Waals surface area contributed by atoms with Crippen molar-refractivity contribution in [1.29, 1.82) is 0 Å². The van der Waals surface area contributed by atoms with Gasteiger partial charge in [-0.15, -0.1) is 0 Å². The van der Waals surface area contributed by atoms with Gasteiger partial charge in [0.1, 0.15) is 5.75 Å². The van der Waals surface area contributed by atoms with Crippen LogP contribution in [0.25, 0.3) is 0 Å². The molecule has 3 rings (SSSR count). The maximum absolute atomic E-state index is 12.6. The van der Waals surface area contributed by atoms with Crippen LogP contribution in [0, 0.1) is 5.92 Å². The van der Waals surface area contributed by atoms with Crippen LogP contribution in [0.2, 0.25) is 0 Å². The minimum absolute atomic E-state index is 0.0540. The Balaban J connectivity index is 1.49. The molecule has 1 heterocycles. The number of amides is 2. The number of methoxy groups -OCH3 is 1. The van der Waals surface area contributed by atoms with Gasteiger partial charge in [-0.05, 0) is 56.2 Å². The van der Waals surface area contributed by atoms with E-state index in [4.69, 9.17) is 4.74 Å². The van der Waals surface area contributed by atoms with Crippen molar-refractivity contribution in [2.24, 2.45) is 5.92 Å². The maximum atomic E-state index is 12.6. The number of aliphatic hydroxyl groups is 1. The smallest absolute Gasteiger partial charge is 0.225 e. The Bertz CT molecular complexity index is 638. The molecule has 1 saturated heterocycles. The lowest BCUT2D eigenvalue weighted by Crippen LogP contribution is -2.49. The van der Waals surface area contributed by atoms with E-state index in [2.05, 4.69) is 5.32 Å². The fraction of sp³-hybridized carbons (Fsp3) is 0.619. The lowest BCUT2D eigenvalue weighted by Gasteiger charge is -2.34. The summed E-state index contributed by atoms with van der Waals surface area (Å²) in [6, 6.07) is 8.02. The molecule has 6 heteroatoms. The number of nitrogens with one attached hydrogen (secondary N) is 1. The molecule has 1 aliphatic heterocycles. The highest BCUT2D eigenvalue weighted by Gasteiger charge is 2.31. The molecule has 1 aromatic carbocycles. The molecule has 0 unspecified atom stereocenters. The molecule has 0 bridgehead atoms. The van der Waals surface area contributed by atoms with E-state index in [1.165, 1.54) is 0 Å². The van der Waals surface area contributed by atoms with Crippen LogP contribution in [0.3, 0.4) is 0 Å². The number of likely N-dealkylation sites (tertiary alicyclic amines) is 1. The predicted molar refractivity (Wildman–Crippen MR) is 102 cm³/mol. The quantitative estimate of drug-likeness (QED) is 0.797. The number of piperidine rings is 1. The Morgan fingerprint density at radius 3 is 2.56 bits per heavy atom. The second-order valence-electron chi connectivity index (χ2n) is 7.69. The van der Waals surface area contributed by atoms with Crippen molar-refractivity contribution in [3.63, 3.8) is 0 Å². The summed E-state index contributed by atoms with van der Waals surface area (Å²) in [7, 11) is 1.64. The topological polar surface area (TPSA) is 78.9 Å². The molecule has 2 fully saturated rings. The number of aliphatic hydroxyl groups excluding tert-OH is 1. The average Bonchev–Trinajstić information content (AvgIpc) is 2.69. The average molecular weight is 374 g/mol. The zero-order chi connectivity index (χ0) is 19.2. The highest BCUT2D eigenvalue weighted by molar-refractivity contribution is 5.84. The summed E-state index contributed by atoms with van der Waals surface area (Å²) in [6.07, 6.45) is 4.77. The van der Waals surface area contributed by atoms with Crippen molar-refractivity contribution in [1.82, 2.24) is 10.2 Å². The molecule has 27 heavy (non-hydrogen) atoms. The summed E-state index contributed by atoms with van der Waals surface area (Å²) >= 11 is 0. The number of carbonyl (C=O) groups is 2. The Kier molecular flexibility index (Phi) is 6.72. The molecule has 2 N–H and O–H groups in total. The van der Waals surface area contributed by atoms with Gasteiger partial charge in [-0.25, -0.2) is 0 Å². The van der Waals surface area contributed by atoms with E-state index in [9.17, 15) is 14.7 Å². The third-order valence-corrected chi connectivity index (χ3v) is 5.74. The molecule has 1 aromatic rings. The number of rotatable bonds is 6. The normalized spacial score (nSPS) is 25.9. The highest BCUT2D eigenvalue weighted by atomic mass is 16.5. The lowest BCUT2D eigenvalue weighted by atomic mass is 9.91. The van der Waals surface area contributed by atoms with Crippen molar-refractivity contribution < 1.29 is 19.4 Å². The summed E-state index contributed by atoms with van der Waals surface area (Å²) in [5.41, 5.74) is 1.15. The first-order valence-electron chi connectivity index (χ1n) is 9.94. The van der Waals surface area contributed by atoms with Gasteiger partial charge in [0, 0.05) is 25.6 Å². The molecule has 1 saturated carbocycles. The van der Waals surface area contributed by atoms with Gasteiger partial charge in [0.15, 0.2) is 0 Å². The van der Waals surface area contributed by atoms with Crippen LogP contribution >= 0.6 is 0 Å². The van der Waals surface area contributed by atoms with Crippen LogP contribution in [0.4, 0.5) is 0 Å². The molecule has 6 nitrogen and oxygen atoms in total. The van der Waals surface area contributed by atoms with Gasteiger partial charge in [0.2, 0.25) is 11.8 Å². The summed E-state index contributed by atoms with van der Waals surface area (Å²) in [6.45, 7) is 1.13. The van der Waals surface area contributed by atoms with E-state index < -0.39 is 0 Å². The van der Waals surface area contributed by atoms with E-state index >= 15 is 0 Å². The molecule has 0 radical (unpaired) electrons. The van der Waals surface area contributed by atoms with Gasteiger partial charge in [0.25, 0.3) is 0 Å². The number of nitrogens with zero attached hydrogens (tertiary/aromatic N) is 1. The van der Waals surface area contributed by atoms with Crippen molar-refractivity contribution in [2.75, 3.05) is 20.2 Å². The number of hydrogen-bond donors (Lipinski definition) is 2. The van der Waals surface area contributed by atoms with E-state index in [1.54, 1.807) is 7.11 Å². The van der Waals surface area contributed by atoms with Gasteiger partial charge in [-0.2, -0.15) is 0 Å². The van der Waals surface area contributed by atoms with Crippen molar-refractivity contribution in [3.8, 4) is 5.75 Å². The van der Waals surface area contributed by atoms with E-state index in [1.807, 2.05) is 29.2 Å². The third-order valence-electron chi connectivity index (χ3n) is 5.74. The highest BCUT2D eigenvalue weighted by Crippen LogP contribution is 2.22. The Labute approximate surface area is 160 Å². The van der Waals surface area contributed by atoms with Crippen LogP contribution in [-0.4, -0.2) is 54.2 Å². The first-order chi connectivity index (χ1) is 13.0. The molecule has 2 amide bonds. The fourth-order valence-electron chi connectivity index (χ4n) is 3.94. The van der Waals surface area contributed by atoms with Crippen molar-refractivity contribution in [2.45, 2.75) is 57.1 Å². The Hall–Kier alpha value is -2.08. The van der Waals surface area contributed by atoms with Crippen LogP contribution in [0.5, 0.6) is 5.75 Å². The zero-order valence-corrected chi connectivity index (χ0v) is 16.0. The maximum Gasteiger partial charge on any atom is 0.225 e. The summed E-state index contributed by atoms with van der Waals surface area (Å²) in [5, 5.41) is 12.7. The SMILES string of the molecule is COc1ccc(CCN2C[C@@H](C(=O)NC3CCC(O)CC3)CCC2=O)cc1. The number of ether oxygens (including phenoxy) is 1. The Morgan fingerprint density at radius 1 is 1.19 bits per heavy atom. The molecule has 0 spiro atoms. The molecule has 1 aliphatic carbocycles. The monoisotopic (exact) mass is 374 g/mol. The van der Waals surface area contributed by atoms with Gasteiger partial charge in [-0.1, -0.05) is 12.1 Å². The molecular formula is C21H30N2O4. The summed E-state index contributed by atoms with van der Waals surface area (Å²) in [4.78, 5) is 26.7. The van der Waals surface area contributed by atoms with Gasteiger partial charge in [-0.3, -0.25) is 9.59 Å². The number of hydrogen-bond acceptors (Lipinski definition) is 4. The first-order valence-corrected chi connectivity index (χ1v) is 9.94. The standard InChI is InChI=1S/C21H30N2O4/c1-27-19-9-2-15(3-10-19)12-13-23-14-16(4-11-20(23)25)21(26)22-17-5-7-18(24)8-6-17/h2-3,9-10,16-18,24H,4-8,11-14H2,1H3,(H,22,26)/t16-,17?,18?/m0/s1. The molecule has 2 aliphatic rings. The molecule has 1 atom stereocenters. The summed E-state index contributed by atoms with van der Waals surface area (Å²) in [5.74, 6) is 0.872. The van der Waals surface area contributed by atoms with Crippen LogP contribution < -0.4 is 10.1 Å².